The summed E-state index contributed by atoms with van der Waals surface area (Å²) < 4.78 is 0. The highest BCUT2D eigenvalue weighted by Crippen LogP contribution is 2.13. The van der Waals surface area contributed by atoms with Gasteiger partial charge in [-0.05, 0) is 49.8 Å². The van der Waals surface area contributed by atoms with E-state index in [-0.39, 0.29) is 30.9 Å². The number of nitriles is 1. The van der Waals surface area contributed by atoms with Crippen molar-refractivity contribution >= 4 is 29.6 Å². The van der Waals surface area contributed by atoms with Gasteiger partial charge in [0.1, 0.15) is 29.9 Å². The van der Waals surface area contributed by atoms with Crippen LogP contribution < -0.4 is 21.3 Å². The fourth-order valence-electron chi connectivity index (χ4n) is 3.38. The summed E-state index contributed by atoms with van der Waals surface area (Å²) in [6, 6.07) is 4.20. The second-order valence-corrected chi connectivity index (χ2v) is 9.04. The third-order valence-electron chi connectivity index (χ3n) is 5.47. The highest BCUT2D eigenvalue weighted by molar-refractivity contribution is 5.94. The minimum atomic E-state index is -1.10. The molecule has 12 nitrogen and oxygen atoms in total. The summed E-state index contributed by atoms with van der Waals surface area (Å²) in [5, 5.41) is 37.4. The number of benzene rings is 1. The monoisotopic (exact) mass is 517 g/mol. The van der Waals surface area contributed by atoms with Gasteiger partial charge in [0.05, 0.1) is 6.07 Å². The Kier molecular flexibility index (Phi) is 12.6. The van der Waals surface area contributed by atoms with E-state index in [1.165, 1.54) is 26.0 Å². The van der Waals surface area contributed by atoms with Crippen LogP contribution >= 0.6 is 0 Å². The van der Waals surface area contributed by atoms with Crippen LogP contribution in [0, 0.1) is 17.2 Å². The maximum absolute atomic E-state index is 13.0. The zero-order chi connectivity index (χ0) is 28.1. The van der Waals surface area contributed by atoms with E-state index in [0.717, 1.165) is 5.56 Å². The summed E-state index contributed by atoms with van der Waals surface area (Å²) in [6.07, 6.45) is 0.282. The fraction of sp³-hybridized carbons (Fsp3) is 0.520. The lowest BCUT2D eigenvalue weighted by Crippen LogP contribution is -2.58. The average molecular weight is 518 g/mol. The molecule has 0 aliphatic rings. The molecule has 0 aliphatic heterocycles. The van der Waals surface area contributed by atoms with Gasteiger partial charge in [-0.15, -0.1) is 0 Å². The van der Waals surface area contributed by atoms with Gasteiger partial charge in [0.15, 0.2) is 0 Å². The normalized spacial score (nSPS) is 13.8. The fourth-order valence-corrected chi connectivity index (χ4v) is 3.38. The van der Waals surface area contributed by atoms with Gasteiger partial charge in [-0.3, -0.25) is 24.0 Å². The number of aryl methyl sites for hydroxylation is 1. The molecule has 1 aromatic rings. The predicted molar refractivity (Wildman–Crippen MR) is 133 cm³/mol. The van der Waals surface area contributed by atoms with Gasteiger partial charge < -0.3 is 31.5 Å². The largest absolute Gasteiger partial charge is 0.508 e. The van der Waals surface area contributed by atoms with Gasteiger partial charge >= 0.3 is 5.97 Å². The van der Waals surface area contributed by atoms with Crippen LogP contribution in [0.25, 0.3) is 0 Å². The van der Waals surface area contributed by atoms with E-state index in [4.69, 9.17) is 10.4 Å². The van der Waals surface area contributed by atoms with Crippen molar-refractivity contribution in [3.05, 3.63) is 29.8 Å². The number of amides is 4. The van der Waals surface area contributed by atoms with E-state index < -0.39 is 53.8 Å². The first-order chi connectivity index (χ1) is 17.3. The molecule has 0 radical (unpaired) electrons. The van der Waals surface area contributed by atoms with E-state index >= 15 is 0 Å². The van der Waals surface area contributed by atoms with Crippen LogP contribution in [0.3, 0.4) is 0 Å². The first-order valence-corrected chi connectivity index (χ1v) is 11.9. The van der Waals surface area contributed by atoms with E-state index in [9.17, 15) is 29.1 Å². The Balaban J connectivity index is 2.81. The first kappa shape index (κ1) is 30.9. The molecule has 0 spiro atoms. The number of rotatable bonds is 14. The molecular formula is C25H35N5O7. The molecule has 0 aliphatic carbocycles. The summed E-state index contributed by atoms with van der Waals surface area (Å²) in [7, 11) is 0. The zero-order valence-electron chi connectivity index (χ0n) is 21.4. The van der Waals surface area contributed by atoms with Crippen LogP contribution in [0.2, 0.25) is 0 Å². The molecule has 0 bridgehead atoms. The molecule has 0 fully saturated rings. The summed E-state index contributed by atoms with van der Waals surface area (Å²) in [4.78, 5) is 60.7. The van der Waals surface area contributed by atoms with Crippen molar-refractivity contribution in [3.63, 3.8) is 0 Å². The van der Waals surface area contributed by atoms with Crippen molar-refractivity contribution in [2.24, 2.45) is 5.92 Å². The summed E-state index contributed by atoms with van der Waals surface area (Å²) >= 11 is 0. The summed E-state index contributed by atoms with van der Waals surface area (Å²) in [5.41, 5.74) is 0.845. The predicted octanol–water partition coefficient (Wildman–Crippen LogP) is 0.348. The Morgan fingerprint density at radius 3 is 2.03 bits per heavy atom. The van der Waals surface area contributed by atoms with Crippen molar-refractivity contribution in [1.82, 2.24) is 21.3 Å². The minimum absolute atomic E-state index is 0.0857. The maximum atomic E-state index is 13.0. The number of nitrogens with zero attached hydrogens (tertiary/aromatic N) is 1. The summed E-state index contributed by atoms with van der Waals surface area (Å²) in [5.74, 6) is -3.66. The van der Waals surface area contributed by atoms with E-state index in [1.807, 2.05) is 0 Å². The lowest BCUT2D eigenvalue weighted by molar-refractivity contribution is -0.137. The molecule has 1 rings (SSSR count). The van der Waals surface area contributed by atoms with Crippen LogP contribution in [0.5, 0.6) is 5.75 Å². The SMILES string of the molecule is CC(=O)N[C@@H](CCc1ccc(O)cc1)C(=O)N[C@H](C(=O)N[C@@H](C)C(=O)N[C@H](C#N)CCC(=O)O)C(C)C. The molecule has 1 aromatic carbocycles. The lowest BCUT2D eigenvalue weighted by atomic mass is 10.0. The van der Waals surface area contributed by atoms with Crippen molar-refractivity contribution in [3.8, 4) is 11.8 Å². The van der Waals surface area contributed by atoms with Crippen molar-refractivity contribution < 1.29 is 34.2 Å². The smallest absolute Gasteiger partial charge is 0.303 e. The van der Waals surface area contributed by atoms with Crippen LogP contribution in [-0.2, 0) is 30.4 Å². The van der Waals surface area contributed by atoms with E-state index in [0.29, 0.717) is 6.42 Å². The minimum Gasteiger partial charge on any atom is -0.508 e. The second-order valence-electron chi connectivity index (χ2n) is 9.04. The number of hydrogen-bond donors (Lipinski definition) is 6. The van der Waals surface area contributed by atoms with Gasteiger partial charge in [0.2, 0.25) is 23.6 Å². The standard InChI is InChI=1S/C25H35N5O7/c1-14(2)22(25(37)27-15(3)23(35)29-18(13-26)8-12-21(33)34)30-24(36)20(28-16(4)31)11-7-17-5-9-19(32)10-6-17/h5-6,9-10,14-15,18,20,22,32H,7-8,11-12H2,1-4H3,(H,27,37)(H,28,31)(H,29,35)(H,30,36)(H,33,34)/t15-,18-,20-,22-/m0/s1. The van der Waals surface area contributed by atoms with Crippen LogP contribution in [-0.4, -0.2) is 64.0 Å². The number of hydrogen-bond acceptors (Lipinski definition) is 7. The van der Waals surface area contributed by atoms with Gasteiger partial charge in [-0.1, -0.05) is 26.0 Å². The second kappa shape index (κ2) is 15.1. The molecule has 0 saturated carbocycles. The number of carboxylic acid groups (broad SMARTS) is 1. The Hall–Kier alpha value is -4.14. The molecule has 0 saturated heterocycles. The number of carbonyl (C=O) groups is 5. The molecule has 4 amide bonds. The highest BCUT2D eigenvalue weighted by atomic mass is 16.4. The molecule has 202 valence electrons. The molecule has 12 heteroatoms. The summed E-state index contributed by atoms with van der Waals surface area (Å²) in [6.45, 7) is 6.09. The third kappa shape index (κ3) is 11.4. The van der Waals surface area contributed by atoms with E-state index in [1.54, 1.807) is 32.0 Å². The van der Waals surface area contributed by atoms with Crippen molar-refractivity contribution in [2.45, 2.75) is 77.5 Å². The number of aromatic hydroxyl groups is 1. The maximum Gasteiger partial charge on any atom is 0.303 e. The first-order valence-electron chi connectivity index (χ1n) is 11.9. The molecule has 0 unspecified atom stereocenters. The van der Waals surface area contributed by atoms with Crippen LogP contribution in [0.1, 0.15) is 52.5 Å². The molecular weight excluding hydrogens is 482 g/mol. The van der Waals surface area contributed by atoms with Gasteiger partial charge in [0, 0.05) is 13.3 Å². The van der Waals surface area contributed by atoms with Gasteiger partial charge in [0.25, 0.3) is 0 Å². The Bertz CT molecular complexity index is 1000. The van der Waals surface area contributed by atoms with Crippen molar-refractivity contribution in [2.75, 3.05) is 0 Å². The number of phenols is 1. The number of carbonyl (C=O) groups excluding carboxylic acids is 4. The number of aliphatic carboxylic acids is 1. The number of carboxylic acids is 1. The number of nitrogens with one attached hydrogen (secondary N) is 4. The highest BCUT2D eigenvalue weighted by Gasteiger charge is 2.30. The molecule has 37 heavy (non-hydrogen) atoms. The van der Waals surface area contributed by atoms with E-state index in [2.05, 4.69) is 21.3 Å². The average Bonchev–Trinajstić information content (AvgIpc) is 2.82. The van der Waals surface area contributed by atoms with Crippen molar-refractivity contribution in [1.29, 1.82) is 5.26 Å². The third-order valence-corrected chi connectivity index (χ3v) is 5.47. The quantitative estimate of drug-likeness (QED) is 0.203. The molecule has 4 atom stereocenters. The Morgan fingerprint density at radius 2 is 1.51 bits per heavy atom. The Labute approximate surface area is 215 Å². The van der Waals surface area contributed by atoms with Crippen LogP contribution in [0.4, 0.5) is 0 Å². The topological polar surface area (TPSA) is 198 Å². The zero-order valence-corrected chi connectivity index (χ0v) is 21.4. The lowest BCUT2D eigenvalue weighted by Gasteiger charge is -2.26. The number of phenolic OH excluding ortho intramolecular Hbond substituents is 1. The molecule has 0 aromatic heterocycles. The Morgan fingerprint density at radius 1 is 0.892 bits per heavy atom. The molecule has 6 N–H and O–H groups in total. The molecule has 0 heterocycles. The van der Waals surface area contributed by atoms with Gasteiger partial charge in [-0.2, -0.15) is 5.26 Å². The van der Waals surface area contributed by atoms with Gasteiger partial charge in [-0.25, -0.2) is 0 Å². The van der Waals surface area contributed by atoms with Crippen LogP contribution in [0.15, 0.2) is 24.3 Å².